The summed E-state index contributed by atoms with van der Waals surface area (Å²) in [5.74, 6) is -8.66. The van der Waals surface area contributed by atoms with Crippen molar-refractivity contribution in [3.8, 4) is 0 Å². The van der Waals surface area contributed by atoms with Crippen molar-refractivity contribution >= 4 is 53.6 Å². The molecule has 0 unspecified atom stereocenters. The monoisotopic (exact) mass is 1090 g/mol. The molecule has 1 saturated heterocycles. The van der Waals surface area contributed by atoms with Crippen LogP contribution in [0.2, 0.25) is 0 Å². The molecule has 2 amide bonds. The Hall–Kier alpha value is -7.45. The van der Waals surface area contributed by atoms with Gasteiger partial charge in [-0.25, -0.2) is 19.2 Å². The van der Waals surface area contributed by atoms with E-state index in [-0.39, 0.29) is 55.2 Å². The third-order valence-corrected chi connectivity index (χ3v) is 16.1. The zero-order valence-electron chi connectivity index (χ0n) is 45.5. The van der Waals surface area contributed by atoms with Gasteiger partial charge in [0.05, 0.1) is 18.6 Å². The van der Waals surface area contributed by atoms with Crippen LogP contribution in [0, 0.1) is 28.6 Å². The molecular formula is C59H68N2O18. The molecule has 4 fully saturated rings. The molecule has 1 heterocycles. The number of hydrogen-bond donors (Lipinski definition) is 3. The molecule has 20 nitrogen and oxygen atoms in total. The summed E-state index contributed by atoms with van der Waals surface area (Å²) in [5.41, 5.74) is -6.11. The molecule has 1 aliphatic heterocycles. The van der Waals surface area contributed by atoms with Crippen molar-refractivity contribution in [1.82, 2.24) is 10.6 Å². The highest BCUT2D eigenvalue weighted by Crippen LogP contribution is 2.76. The minimum Gasteiger partial charge on any atom is -0.455 e. The quantitative estimate of drug-likeness (QED) is 0.0528. The number of rotatable bonds is 18. The number of ether oxygens (including phenoxy) is 8. The Morgan fingerprint density at radius 1 is 0.810 bits per heavy atom. The second-order valence-electron chi connectivity index (χ2n) is 22.6. The summed E-state index contributed by atoms with van der Waals surface area (Å²) in [6, 6.07) is 23.7. The fraction of sp³-hybridized carbons (Fsp3) is 0.508. The van der Waals surface area contributed by atoms with Gasteiger partial charge in [-0.15, -0.1) is 0 Å². The number of Topliss-reactive ketones (excluding diaryl/α,β-unsaturated/α-hetero) is 2. The largest absolute Gasteiger partial charge is 0.455 e. The SMILES string of the molecule is CC(=O)O[C@H]1C(=O)[C@]23C[C@H]2C[C@H]2OC[C@@]2(OC(C)=O)[C@H]3[C@H](CC(=O)c2ccccc2)[C@]2(O)C[C@H](OC(=O)[C@H](OC(=O)COC(=O)CCNC(=O)OCc3ccccc3)[C@@H](NC(=O)OC(C)(C)C)c3ccccc3)C(C)=C1C2(C)C. The number of nitrogens with one attached hydrogen (secondary N) is 2. The van der Waals surface area contributed by atoms with Gasteiger partial charge in [-0.05, 0) is 68.7 Å². The van der Waals surface area contributed by atoms with Crippen molar-refractivity contribution in [2.75, 3.05) is 19.8 Å². The number of carbonyl (C=O) groups excluding carboxylic acids is 9. The highest BCUT2D eigenvalue weighted by Gasteiger charge is 2.83. The van der Waals surface area contributed by atoms with Crippen molar-refractivity contribution in [3.63, 3.8) is 0 Å². The van der Waals surface area contributed by atoms with E-state index in [9.17, 15) is 38.7 Å². The lowest BCUT2D eigenvalue weighted by Gasteiger charge is -2.65. The maximum absolute atomic E-state index is 15.8. The van der Waals surface area contributed by atoms with Crippen LogP contribution >= 0.6 is 0 Å². The predicted octanol–water partition coefficient (Wildman–Crippen LogP) is 6.54. The number of esters is 5. The Bertz CT molecular complexity index is 2880. The topological polar surface area (TPSA) is 272 Å². The average Bonchev–Trinajstić information content (AvgIpc) is 3.09. The lowest BCUT2D eigenvalue weighted by Crippen LogP contribution is -2.76. The van der Waals surface area contributed by atoms with Crippen LogP contribution in [-0.4, -0.2) is 120 Å². The van der Waals surface area contributed by atoms with Crippen molar-refractivity contribution in [2.45, 2.75) is 141 Å². The molecule has 2 bridgehead atoms. The molecule has 0 radical (unpaired) electrons. The summed E-state index contributed by atoms with van der Waals surface area (Å²) < 4.78 is 46.6. The standard InChI is InChI=1S/C59H68N2O18/c1-33-42(76-52(68)49(47(38-22-16-11-17-23-38)61-54(70)79-55(4,5)6)77-45(66)31-72-44(65)24-25-60-53(69)73-30-36-18-12-9-13-19-36)29-59(71)40(27-41(64)37-20-14-10-15-21-37)50-57(51(67)48(75-34(2)62)46(33)56(59,7)8)28-39(57)26-43-58(50,32-74-43)78-35(3)63/h9-23,39-40,42-43,47-50,71H,24-32H2,1-8H3,(H,60,69)(H,61,70)/t39-,40+,42+,43-,47+,48-,49-,50+,57-,58+,59-/m1/s1. The molecule has 3 saturated carbocycles. The number of carbonyl (C=O) groups is 9. The first-order chi connectivity index (χ1) is 37.3. The Morgan fingerprint density at radius 2 is 1.46 bits per heavy atom. The summed E-state index contributed by atoms with van der Waals surface area (Å²) in [6.45, 7) is 10.6. The van der Waals surface area contributed by atoms with Gasteiger partial charge in [0.1, 0.15) is 30.5 Å². The van der Waals surface area contributed by atoms with E-state index in [0.29, 0.717) is 12.0 Å². The maximum atomic E-state index is 15.8. The molecule has 79 heavy (non-hydrogen) atoms. The number of fused-ring (bicyclic) bond motifs is 4. The first kappa shape index (κ1) is 57.7. The number of ketones is 2. The molecule has 5 aliphatic rings. The second-order valence-corrected chi connectivity index (χ2v) is 22.6. The molecule has 422 valence electrons. The van der Waals surface area contributed by atoms with Crippen LogP contribution in [0.5, 0.6) is 0 Å². The van der Waals surface area contributed by atoms with Crippen LogP contribution in [0.1, 0.15) is 115 Å². The van der Waals surface area contributed by atoms with Crippen molar-refractivity contribution in [2.24, 2.45) is 28.6 Å². The highest BCUT2D eigenvalue weighted by atomic mass is 16.6. The first-order valence-electron chi connectivity index (χ1n) is 26.4. The lowest BCUT2D eigenvalue weighted by molar-refractivity contribution is -0.316. The van der Waals surface area contributed by atoms with Crippen LogP contribution in [-0.2, 0) is 73.3 Å². The van der Waals surface area contributed by atoms with E-state index in [2.05, 4.69) is 10.6 Å². The molecular weight excluding hydrogens is 1020 g/mol. The lowest BCUT2D eigenvalue weighted by atomic mass is 9.45. The normalized spacial score (nSPS) is 27.8. The van der Waals surface area contributed by atoms with Crippen LogP contribution < -0.4 is 10.6 Å². The summed E-state index contributed by atoms with van der Waals surface area (Å²) in [7, 11) is 0. The van der Waals surface area contributed by atoms with Crippen LogP contribution in [0.4, 0.5) is 9.59 Å². The van der Waals surface area contributed by atoms with Gasteiger partial charge in [-0.3, -0.25) is 24.0 Å². The molecule has 8 rings (SSSR count). The molecule has 3 aromatic rings. The van der Waals surface area contributed by atoms with Gasteiger partial charge in [-0.1, -0.05) is 105 Å². The number of benzene rings is 3. The van der Waals surface area contributed by atoms with E-state index in [0.717, 1.165) is 12.5 Å². The van der Waals surface area contributed by atoms with Crippen molar-refractivity contribution in [1.29, 1.82) is 0 Å². The molecule has 20 heteroatoms. The van der Waals surface area contributed by atoms with E-state index in [1.165, 1.54) is 19.1 Å². The zero-order chi connectivity index (χ0) is 57.2. The second kappa shape index (κ2) is 22.7. The molecule has 11 atom stereocenters. The third-order valence-electron chi connectivity index (χ3n) is 16.1. The fourth-order valence-corrected chi connectivity index (χ4v) is 12.6. The molecule has 4 aliphatic carbocycles. The third kappa shape index (κ3) is 11.8. The van der Waals surface area contributed by atoms with Gasteiger partial charge in [0.15, 0.2) is 29.9 Å². The van der Waals surface area contributed by atoms with E-state index >= 15 is 9.59 Å². The molecule has 0 aromatic heterocycles. The zero-order valence-corrected chi connectivity index (χ0v) is 45.5. The number of aliphatic hydroxyl groups is 1. The summed E-state index contributed by atoms with van der Waals surface area (Å²) >= 11 is 0. The average molecular weight is 1090 g/mol. The van der Waals surface area contributed by atoms with Gasteiger partial charge < -0.3 is 53.6 Å². The van der Waals surface area contributed by atoms with Gasteiger partial charge in [0.2, 0.25) is 6.10 Å². The Balaban J connectivity index is 1.16. The Morgan fingerprint density at radius 3 is 2.06 bits per heavy atom. The maximum Gasteiger partial charge on any atom is 0.408 e. The van der Waals surface area contributed by atoms with E-state index < -0.39 is 143 Å². The minimum absolute atomic E-state index is 0.0172. The summed E-state index contributed by atoms with van der Waals surface area (Å²) in [4.78, 5) is 125. The first-order valence-corrected chi connectivity index (χ1v) is 26.4. The number of alkyl carbamates (subject to hydrolysis) is 2. The van der Waals surface area contributed by atoms with Crippen molar-refractivity contribution in [3.05, 3.63) is 119 Å². The van der Waals surface area contributed by atoms with Crippen LogP contribution in [0.25, 0.3) is 0 Å². The van der Waals surface area contributed by atoms with Gasteiger partial charge >= 0.3 is 42.0 Å². The van der Waals surface area contributed by atoms with Crippen LogP contribution in [0.3, 0.4) is 0 Å². The minimum atomic E-state index is -2.17. The van der Waals surface area contributed by atoms with Crippen LogP contribution in [0.15, 0.2) is 102 Å². The van der Waals surface area contributed by atoms with Gasteiger partial charge in [-0.2, -0.15) is 0 Å². The van der Waals surface area contributed by atoms with E-state index in [4.69, 9.17) is 37.9 Å². The highest BCUT2D eigenvalue weighted by molar-refractivity contribution is 5.99. The molecule has 3 N–H and O–H groups in total. The predicted molar refractivity (Wildman–Crippen MR) is 277 cm³/mol. The van der Waals surface area contributed by atoms with Gasteiger partial charge in [0.25, 0.3) is 0 Å². The summed E-state index contributed by atoms with van der Waals surface area (Å²) in [6.07, 6.45) is -8.53. The number of hydrogen-bond acceptors (Lipinski definition) is 18. The van der Waals surface area contributed by atoms with Crippen molar-refractivity contribution < 1.29 is 86.2 Å². The Kier molecular flexibility index (Phi) is 16.6. The van der Waals surface area contributed by atoms with E-state index in [1.54, 1.807) is 114 Å². The Labute approximate surface area is 457 Å². The fourth-order valence-electron chi connectivity index (χ4n) is 12.6. The summed E-state index contributed by atoms with van der Waals surface area (Å²) in [5, 5.41) is 19.2. The molecule has 1 spiro atoms. The smallest absolute Gasteiger partial charge is 0.408 e. The number of amides is 2. The molecule has 3 aromatic carbocycles. The van der Waals surface area contributed by atoms with Gasteiger partial charge in [0, 0.05) is 61.5 Å². The van der Waals surface area contributed by atoms with E-state index in [1.807, 2.05) is 6.07 Å².